The third-order valence-corrected chi connectivity index (χ3v) is 10.3. The molecule has 2 aliphatic carbocycles. The number of carbonyl (C=O) groups excluding carboxylic acids is 1. The van der Waals surface area contributed by atoms with Gasteiger partial charge >= 0.3 is 173 Å². The monoisotopic (exact) mass is 479 g/mol. The van der Waals surface area contributed by atoms with Gasteiger partial charge in [0.1, 0.15) is 0 Å². The van der Waals surface area contributed by atoms with Crippen molar-refractivity contribution >= 4 is 14.7 Å². The van der Waals surface area contributed by atoms with Gasteiger partial charge in [0, 0.05) is 0 Å². The molecule has 28 heavy (non-hydrogen) atoms. The minimum atomic E-state index is -0.753. The van der Waals surface area contributed by atoms with E-state index in [-0.39, 0.29) is 30.7 Å². The maximum atomic E-state index is 12.9. The van der Waals surface area contributed by atoms with Crippen molar-refractivity contribution in [2.75, 3.05) is 0 Å². The second kappa shape index (κ2) is 15.3. The number of nitrogens with one attached hydrogen (secondary N) is 1. The first kappa shape index (κ1) is 28.5. The molecule has 1 saturated carbocycles. The summed E-state index contributed by atoms with van der Waals surface area (Å²) in [6, 6.07) is 0. The molecular weight excluding hydrogens is 441 g/mol. The van der Waals surface area contributed by atoms with Crippen molar-refractivity contribution in [2.45, 2.75) is 97.6 Å². The third-order valence-electron chi connectivity index (χ3n) is 6.14. The molecular formula is C22H39Cl2NOSiTi. The largest absolute Gasteiger partial charge is 1.00 e. The van der Waals surface area contributed by atoms with Gasteiger partial charge in [0.05, 0.1) is 0 Å². The first-order valence-corrected chi connectivity index (χ1v) is 15.4. The van der Waals surface area contributed by atoms with Crippen molar-refractivity contribution < 1.29 is 49.0 Å². The molecule has 0 bridgehead atoms. The van der Waals surface area contributed by atoms with E-state index in [1.54, 1.807) is 9.07 Å². The molecule has 0 aromatic carbocycles. The molecule has 1 unspecified atom stereocenters. The predicted molar refractivity (Wildman–Crippen MR) is 111 cm³/mol. The average molecular weight is 480 g/mol. The van der Waals surface area contributed by atoms with Gasteiger partial charge in [0.15, 0.2) is 0 Å². The molecule has 1 N–H and O–H groups in total. The SMILES string of the molecule is CC1=[C]([Ti+2][NH]C(=O)C2CCCCCCCCCCC2)C(C)C=C1[SiH](C)C.[Cl-].[Cl-]. The maximum absolute atomic E-state index is 12.9. The molecule has 0 spiro atoms. The Kier molecular flexibility index (Phi) is 15.5. The summed E-state index contributed by atoms with van der Waals surface area (Å²) in [6.45, 7) is 9.43. The summed E-state index contributed by atoms with van der Waals surface area (Å²) in [5.41, 5.74) is 1.53. The van der Waals surface area contributed by atoms with E-state index in [1.807, 2.05) is 0 Å². The van der Waals surface area contributed by atoms with Gasteiger partial charge in [-0.1, -0.05) is 0 Å². The number of carbonyl (C=O) groups is 1. The van der Waals surface area contributed by atoms with Gasteiger partial charge in [0.25, 0.3) is 0 Å². The third kappa shape index (κ3) is 9.08. The maximum Gasteiger partial charge on any atom is -1.00 e. The van der Waals surface area contributed by atoms with Crippen LogP contribution in [0.25, 0.3) is 0 Å². The molecule has 1 atom stereocenters. The van der Waals surface area contributed by atoms with Crippen molar-refractivity contribution in [1.82, 2.24) is 3.80 Å². The summed E-state index contributed by atoms with van der Waals surface area (Å²) >= 11 is -0.520. The van der Waals surface area contributed by atoms with Crippen LogP contribution >= 0.6 is 0 Å². The summed E-state index contributed by atoms with van der Waals surface area (Å²) < 4.78 is 5.01. The van der Waals surface area contributed by atoms with Gasteiger partial charge in [-0.25, -0.2) is 0 Å². The molecule has 0 saturated heterocycles. The first-order chi connectivity index (χ1) is 12.5. The van der Waals surface area contributed by atoms with Crippen LogP contribution in [0.4, 0.5) is 0 Å². The second-order valence-corrected chi connectivity index (χ2v) is 13.2. The summed E-state index contributed by atoms with van der Waals surface area (Å²) in [7, 11) is -0.753. The normalized spacial score (nSPS) is 22.2. The quantitative estimate of drug-likeness (QED) is 0.560. The average Bonchev–Trinajstić information content (AvgIpc) is 2.88. The van der Waals surface area contributed by atoms with Crippen LogP contribution in [0, 0.1) is 11.8 Å². The van der Waals surface area contributed by atoms with E-state index in [9.17, 15) is 4.79 Å². The van der Waals surface area contributed by atoms with Crippen molar-refractivity contribution in [3.05, 3.63) is 20.7 Å². The summed E-state index contributed by atoms with van der Waals surface area (Å²) in [4.78, 5) is 12.9. The van der Waals surface area contributed by atoms with E-state index in [1.165, 1.54) is 63.4 Å². The van der Waals surface area contributed by atoms with E-state index >= 15 is 0 Å². The smallest absolute Gasteiger partial charge is 1.00 e. The van der Waals surface area contributed by atoms with Gasteiger partial charge in [-0.2, -0.15) is 0 Å². The zero-order chi connectivity index (χ0) is 18.9. The molecule has 0 heterocycles. The molecule has 0 aromatic rings. The zero-order valence-corrected chi connectivity index (χ0v) is 22.5. The molecule has 1 amide bonds. The first-order valence-electron chi connectivity index (χ1n) is 11.0. The predicted octanol–water partition coefficient (Wildman–Crippen LogP) is -0.0950. The Morgan fingerprint density at radius 3 is 1.86 bits per heavy atom. The fourth-order valence-corrected chi connectivity index (χ4v) is 8.11. The van der Waals surface area contributed by atoms with Crippen molar-refractivity contribution in [3.63, 3.8) is 0 Å². The minimum Gasteiger partial charge on any atom is -1.00 e. The molecule has 0 radical (unpaired) electrons. The van der Waals surface area contributed by atoms with Gasteiger partial charge < -0.3 is 24.8 Å². The number of hydrogen-bond acceptors (Lipinski definition) is 1. The molecule has 2 rings (SSSR count). The molecule has 160 valence electrons. The number of hydrogen-bond donors (Lipinski definition) is 1. The van der Waals surface area contributed by atoms with Crippen LogP contribution in [0.1, 0.15) is 84.5 Å². The number of amides is 1. The fourth-order valence-electron chi connectivity index (χ4n) is 4.46. The molecule has 6 heteroatoms. The van der Waals surface area contributed by atoms with Crippen molar-refractivity contribution in [1.29, 1.82) is 0 Å². The van der Waals surface area contributed by atoms with Crippen molar-refractivity contribution in [3.8, 4) is 0 Å². The van der Waals surface area contributed by atoms with Crippen LogP contribution in [0.15, 0.2) is 20.7 Å². The molecule has 0 aliphatic heterocycles. The van der Waals surface area contributed by atoms with E-state index in [0.717, 1.165) is 12.8 Å². The van der Waals surface area contributed by atoms with E-state index in [4.69, 9.17) is 0 Å². The summed E-state index contributed by atoms with van der Waals surface area (Å²) in [5.74, 6) is 1.18. The summed E-state index contributed by atoms with van der Waals surface area (Å²) in [5, 5.41) is 1.64. The Bertz CT molecular complexity index is 525. The topological polar surface area (TPSA) is 29.1 Å². The second-order valence-electron chi connectivity index (χ2n) is 8.67. The van der Waals surface area contributed by atoms with Crippen LogP contribution in [-0.4, -0.2) is 14.7 Å². The van der Waals surface area contributed by atoms with Gasteiger partial charge in [-0.05, 0) is 0 Å². The molecule has 2 nitrogen and oxygen atoms in total. The molecule has 1 fully saturated rings. The Morgan fingerprint density at radius 1 is 0.964 bits per heavy atom. The summed E-state index contributed by atoms with van der Waals surface area (Å²) in [6.07, 6.45) is 16.7. The Morgan fingerprint density at radius 2 is 1.43 bits per heavy atom. The van der Waals surface area contributed by atoms with Crippen LogP contribution in [0.5, 0.6) is 0 Å². The Labute approximate surface area is 196 Å². The van der Waals surface area contributed by atoms with Crippen LogP contribution in [0.3, 0.4) is 0 Å². The minimum absolute atomic E-state index is 0. The van der Waals surface area contributed by atoms with Gasteiger partial charge in [0.2, 0.25) is 0 Å². The van der Waals surface area contributed by atoms with Crippen LogP contribution in [0.2, 0.25) is 13.1 Å². The molecule has 2 aliphatic rings. The number of allylic oxidation sites excluding steroid dienone is 4. The standard InChI is InChI=1S/C13H25NO.C9H15Si.2ClH.Ti/c14-13(15)12-10-8-6-4-2-1-3-5-7-9-11-12;1-7-5-8(2)9(6-7)10(3)4;;;/h12H,1-11H2,(H2,14,15);6-7,10H,1-4H3;2*1H;/q;;;;+3/p-3. The number of rotatable bonds is 4. The number of halogens is 2. The Hall–Kier alpha value is 0.461. The van der Waals surface area contributed by atoms with Crippen molar-refractivity contribution in [2.24, 2.45) is 11.8 Å². The van der Waals surface area contributed by atoms with E-state index in [2.05, 4.69) is 36.8 Å². The van der Waals surface area contributed by atoms with Crippen LogP contribution in [-0.2, 0) is 24.2 Å². The van der Waals surface area contributed by atoms with Gasteiger partial charge in [-0.3, -0.25) is 0 Å². The van der Waals surface area contributed by atoms with E-state index in [0.29, 0.717) is 11.8 Å². The molecule has 0 aromatic heterocycles. The Balaban J connectivity index is 0.00000364. The van der Waals surface area contributed by atoms with Gasteiger partial charge in [-0.15, -0.1) is 0 Å². The van der Waals surface area contributed by atoms with E-state index < -0.39 is 28.2 Å². The fraction of sp³-hybridized carbons (Fsp3) is 0.773. The van der Waals surface area contributed by atoms with Crippen LogP contribution < -0.4 is 28.6 Å². The zero-order valence-electron chi connectivity index (χ0n) is 18.3.